The molecule has 0 aliphatic carbocycles. The summed E-state index contributed by atoms with van der Waals surface area (Å²) in [7, 11) is 0. The highest BCUT2D eigenvalue weighted by Crippen LogP contribution is 2.26. The molecule has 0 aromatic carbocycles. The van der Waals surface area contributed by atoms with E-state index in [2.05, 4.69) is 23.2 Å². The summed E-state index contributed by atoms with van der Waals surface area (Å²) in [5.74, 6) is 0. The van der Waals surface area contributed by atoms with Crippen molar-refractivity contribution in [2.45, 2.75) is 19.9 Å². The van der Waals surface area contributed by atoms with Crippen LogP contribution in [0.2, 0.25) is 5.02 Å². The van der Waals surface area contributed by atoms with Gasteiger partial charge in [-0.1, -0.05) is 11.6 Å². The molecule has 1 aliphatic rings. The number of hydrogen-bond donors (Lipinski definition) is 1. The molecule has 1 saturated heterocycles. The molecule has 0 saturated carbocycles. The number of nitrogens with one attached hydrogen (secondary N) is 1. The SMILES string of the molecule is Cc1sc(CN2CCCNCC2)cc1Cl. The molecule has 0 radical (unpaired) electrons. The van der Waals surface area contributed by atoms with Crippen LogP contribution in [0.1, 0.15) is 16.2 Å². The van der Waals surface area contributed by atoms with Crippen LogP contribution < -0.4 is 5.32 Å². The highest BCUT2D eigenvalue weighted by molar-refractivity contribution is 7.12. The van der Waals surface area contributed by atoms with Gasteiger partial charge >= 0.3 is 0 Å². The molecule has 1 aromatic heterocycles. The molecule has 0 bridgehead atoms. The van der Waals surface area contributed by atoms with Gasteiger partial charge in [0.05, 0.1) is 5.02 Å². The Balaban J connectivity index is 1.95. The fraction of sp³-hybridized carbons (Fsp3) is 0.636. The predicted octanol–water partition coefficient (Wildman–Crippen LogP) is 2.51. The molecule has 2 rings (SSSR count). The van der Waals surface area contributed by atoms with Gasteiger partial charge in [-0.15, -0.1) is 11.3 Å². The van der Waals surface area contributed by atoms with E-state index in [9.17, 15) is 0 Å². The highest BCUT2D eigenvalue weighted by Gasteiger charge is 2.11. The molecule has 1 aliphatic heterocycles. The first-order chi connectivity index (χ1) is 7.25. The zero-order chi connectivity index (χ0) is 10.7. The second-order valence-electron chi connectivity index (χ2n) is 4.00. The minimum absolute atomic E-state index is 0.919. The smallest absolute Gasteiger partial charge is 0.0545 e. The molecule has 2 heterocycles. The topological polar surface area (TPSA) is 15.3 Å². The zero-order valence-electron chi connectivity index (χ0n) is 9.05. The molecular weight excluding hydrogens is 228 g/mol. The Morgan fingerprint density at radius 1 is 1.47 bits per heavy atom. The Kier molecular flexibility index (Phi) is 4.03. The van der Waals surface area contributed by atoms with Crippen molar-refractivity contribution in [2.75, 3.05) is 26.2 Å². The van der Waals surface area contributed by atoms with E-state index < -0.39 is 0 Å². The Labute approximate surface area is 100 Å². The van der Waals surface area contributed by atoms with Crippen molar-refractivity contribution in [3.8, 4) is 0 Å². The summed E-state index contributed by atoms with van der Waals surface area (Å²) in [6.07, 6.45) is 1.25. The number of nitrogens with zero attached hydrogens (tertiary/aromatic N) is 1. The monoisotopic (exact) mass is 244 g/mol. The summed E-state index contributed by atoms with van der Waals surface area (Å²) in [5, 5.41) is 4.33. The van der Waals surface area contributed by atoms with Crippen LogP contribution in [-0.2, 0) is 6.54 Å². The van der Waals surface area contributed by atoms with Crippen LogP contribution >= 0.6 is 22.9 Å². The van der Waals surface area contributed by atoms with Gasteiger partial charge in [-0.3, -0.25) is 4.90 Å². The van der Waals surface area contributed by atoms with Gasteiger partial charge in [0.15, 0.2) is 0 Å². The van der Waals surface area contributed by atoms with Gasteiger partial charge in [0.1, 0.15) is 0 Å². The quantitative estimate of drug-likeness (QED) is 0.860. The average molecular weight is 245 g/mol. The molecule has 1 aromatic rings. The first-order valence-electron chi connectivity index (χ1n) is 5.43. The Morgan fingerprint density at radius 3 is 3.07 bits per heavy atom. The molecule has 84 valence electrons. The fourth-order valence-electron chi connectivity index (χ4n) is 1.88. The molecule has 0 spiro atoms. The zero-order valence-corrected chi connectivity index (χ0v) is 10.6. The molecule has 0 amide bonds. The fourth-order valence-corrected chi connectivity index (χ4v) is 3.16. The van der Waals surface area contributed by atoms with Gasteiger partial charge in [0.2, 0.25) is 0 Å². The minimum Gasteiger partial charge on any atom is -0.315 e. The van der Waals surface area contributed by atoms with Gasteiger partial charge in [0.25, 0.3) is 0 Å². The summed E-state index contributed by atoms with van der Waals surface area (Å²) >= 11 is 7.88. The normalized spacial score (nSPS) is 19.1. The first-order valence-corrected chi connectivity index (χ1v) is 6.63. The van der Waals surface area contributed by atoms with E-state index in [1.807, 2.05) is 11.3 Å². The maximum atomic E-state index is 6.06. The van der Waals surface area contributed by atoms with E-state index in [0.29, 0.717) is 0 Å². The maximum Gasteiger partial charge on any atom is 0.0545 e. The number of rotatable bonds is 2. The van der Waals surface area contributed by atoms with Crippen LogP contribution in [0.3, 0.4) is 0 Å². The van der Waals surface area contributed by atoms with Gasteiger partial charge < -0.3 is 5.32 Å². The standard InChI is InChI=1S/C11H17ClN2S/c1-9-11(12)7-10(15-9)8-14-5-2-3-13-4-6-14/h7,13H,2-6,8H2,1H3. The van der Waals surface area contributed by atoms with E-state index in [4.69, 9.17) is 11.6 Å². The van der Waals surface area contributed by atoms with Gasteiger partial charge in [-0.05, 0) is 32.5 Å². The van der Waals surface area contributed by atoms with Crippen molar-refractivity contribution < 1.29 is 0 Å². The second kappa shape index (κ2) is 5.30. The minimum atomic E-state index is 0.919. The van der Waals surface area contributed by atoms with Crippen molar-refractivity contribution in [2.24, 2.45) is 0 Å². The van der Waals surface area contributed by atoms with Gasteiger partial charge in [-0.25, -0.2) is 0 Å². The lowest BCUT2D eigenvalue weighted by Gasteiger charge is -2.17. The van der Waals surface area contributed by atoms with Crippen LogP contribution in [0.4, 0.5) is 0 Å². The van der Waals surface area contributed by atoms with Crippen LogP contribution in [0.25, 0.3) is 0 Å². The second-order valence-corrected chi connectivity index (χ2v) is 5.74. The third-order valence-corrected chi connectivity index (χ3v) is 4.26. The lowest BCUT2D eigenvalue weighted by atomic mass is 10.3. The van der Waals surface area contributed by atoms with Gasteiger partial charge in [0, 0.05) is 29.4 Å². The third-order valence-electron chi connectivity index (χ3n) is 2.72. The van der Waals surface area contributed by atoms with Crippen LogP contribution in [-0.4, -0.2) is 31.1 Å². The number of halogens is 1. The van der Waals surface area contributed by atoms with E-state index in [1.165, 1.54) is 22.7 Å². The molecule has 1 fully saturated rings. The third kappa shape index (κ3) is 3.18. The van der Waals surface area contributed by atoms with Gasteiger partial charge in [-0.2, -0.15) is 0 Å². The van der Waals surface area contributed by atoms with Crippen molar-refractivity contribution in [3.05, 3.63) is 20.8 Å². The summed E-state index contributed by atoms with van der Waals surface area (Å²) < 4.78 is 0. The van der Waals surface area contributed by atoms with Crippen molar-refractivity contribution >= 4 is 22.9 Å². The molecule has 0 unspecified atom stereocenters. The molecule has 0 atom stereocenters. The molecule has 1 N–H and O–H groups in total. The van der Waals surface area contributed by atoms with E-state index in [0.717, 1.165) is 31.2 Å². The molecular formula is C11H17ClN2S. The summed E-state index contributed by atoms with van der Waals surface area (Å²) in [5.41, 5.74) is 0. The van der Waals surface area contributed by atoms with Crippen molar-refractivity contribution in [1.29, 1.82) is 0 Å². The maximum absolute atomic E-state index is 6.06. The largest absolute Gasteiger partial charge is 0.315 e. The summed E-state index contributed by atoms with van der Waals surface area (Å²) in [6.45, 7) is 7.75. The van der Waals surface area contributed by atoms with E-state index in [-0.39, 0.29) is 0 Å². The van der Waals surface area contributed by atoms with Crippen LogP contribution in [0.15, 0.2) is 6.07 Å². The summed E-state index contributed by atoms with van der Waals surface area (Å²) in [4.78, 5) is 5.13. The van der Waals surface area contributed by atoms with Crippen LogP contribution in [0.5, 0.6) is 0 Å². The Morgan fingerprint density at radius 2 is 2.33 bits per heavy atom. The Hall–Kier alpha value is -0.0900. The molecule has 2 nitrogen and oxygen atoms in total. The van der Waals surface area contributed by atoms with Crippen LogP contribution in [0, 0.1) is 6.92 Å². The predicted molar refractivity (Wildman–Crippen MR) is 66.8 cm³/mol. The first kappa shape index (κ1) is 11.4. The van der Waals surface area contributed by atoms with Crippen molar-refractivity contribution in [1.82, 2.24) is 10.2 Å². The van der Waals surface area contributed by atoms with E-state index >= 15 is 0 Å². The number of aryl methyl sites for hydroxylation is 1. The van der Waals surface area contributed by atoms with E-state index in [1.54, 1.807) is 0 Å². The lowest BCUT2D eigenvalue weighted by molar-refractivity contribution is 0.287. The highest BCUT2D eigenvalue weighted by atomic mass is 35.5. The number of thiophene rings is 1. The van der Waals surface area contributed by atoms with Crippen molar-refractivity contribution in [3.63, 3.8) is 0 Å². The summed E-state index contributed by atoms with van der Waals surface area (Å²) in [6, 6.07) is 2.11. The molecule has 4 heteroatoms. The lowest BCUT2D eigenvalue weighted by Crippen LogP contribution is -2.27. The Bertz CT molecular complexity index is 297. The average Bonchev–Trinajstić information content (AvgIpc) is 2.45. The molecule has 15 heavy (non-hydrogen) atoms. The number of hydrogen-bond acceptors (Lipinski definition) is 3.